The van der Waals surface area contributed by atoms with E-state index < -0.39 is 6.03 Å². The molecule has 3 N–H and O–H groups in total. The molecule has 1 heterocycles. The summed E-state index contributed by atoms with van der Waals surface area (Å²) in [5, 5.41) is 7.59. The van der Waals surface area contributed by atoms with E-state index in [4.69, 9.17) is 15.9 Å². The predicted molar refractivity (Wildman–Crippen MR) is 61.8 cm³/mol. The van der Waals surface area contributed by atoms with Gasteiger partial charge < -0.3 is 10.5 Å². The Balaban J connectivity index is 2.43. The number of hydrogen-bond acceptors (Lipinski definition) is 3. The first-order chi connectivity index (χ1) is 8.18. The van der Waals surface area contributed by atoms with Crippen molar-refractivity contribution in [3.8, 4) is 11.6 Å². The van der Waals surface area contributed by atoms with Gasteiger partial charge in [0.15, 0.2) is 0 Å². The van der Waals surface area contributed by atoms with Crippen molar-refractivity contribution in [1.29, 1.82) is 5.41 Å². The molecule has 0 aliphatic heterocycles. The van der Waals surface area contributed by atoms with E-state index in [0.29, 0.717) is 5.75 Å². The monoisotopic (exact) mass is 229 g/mol. The van der Waals surface area contributed by atoms with Crippen LogP contribution in [0.4, 0.5) is 4.79 Å². The van der Waals surface area contributed by atoms with Crippen LogP contribution in [0.2, 0.25) is 0 Å². The number of ether oxygens (including phenoxy) is 1. The first-order valence-corrected chi connectivity index (χ1v) is 4.98. The number of carbonyl (C=O) groups excluding carboxylic acids is 1. The number of nitrogens with zero attached hydrogens (tertiary/aromatic N) is 1. The SMILES string of the molecule is N=c1cccc(Oc2ccccc2)n1C(N)=O. The van der Waals surface area contributed by atoms with Crippen LogP contribution in [-0.4, -0.2) is 10.6 Å². The van der Waals surface area contributed by atoms with Crippen molar-refractivity contribution in [2.75, 3.05) is 0 Å². The average Bonchev–Trinajstić information content (AvgIpc) is 2.30. The number of aromatic nitrogens is 1. The minimum atomic E-state index is -0.749. The molecule has 0 unspecified atom stereocenters. The fourth-order valence-electron chi connectivity index (χ4n) is 1.41. The van der Waals surface area contributed by atoms with E-state index in [0.717, 1.165) is 4.57 Å². The summed E-state index contributed by atoms with van der Waals surface area (Å²) in [6.45, 7) is 0. The van der Waals surface area contributed by atoms with Crippen LogP contribution in [0.3, 0.4) is 0 Å². The molecule has 5 nitrogen and oxygen atoms in total. The third-order valence-corrected chi connectivity index (χ3v) is 2.14. The van der Waals surface area contributed by atoms with Crippen molar-refractivity contribution < 1.29 is 9.53 Å². The van der Waals surface area contributed by atoms with E-state index in [9.17, 15) is 4.79 Å². The van der Waals surface area contributed by atoms with Gasteiger partial charge in [-0.05, 0) is 24.3 Å². The Morgan fingerprint density at radius 2 is 1.82 bits per heavy atom. The van der Waals surface area contributed by atoms with Crippen molar-refractivity contribution >= 4 is 6.03 Å². The fourth-order valence-corrected chi connectivity index (χ4v) is 1.41. The lowest BCUT2D eigenvalue weighted by atomic mass is 10.3. The first-order valence-electron chi connectivity index (χ1n) is 4.98. The molecule has 0 saturated heterocycles. The lowest BCUT2D eigenvalue weighted by Crippen LogP contribution is -2.31. The Hall–Kier alpha value is -2.56. The molecule has 1 amide bonds. The maximum Gasteiger partial charge on any atom is 0.327 e. The third-order valence-electron chi connectivity index (χ3n) is 2.14. The molecule has 17 heavy (non-hydrogen) atoms. The Morgan fingerprint density at radius 1 is 1.12 bits per heavy atom. The molecule has 0 aliphatic carbocycles. The van der Waals surface area contributed by atoms with Crippen molar-refractivity contribution in [1.82, 2.24) is 4.57 Å². The van der Waals surface area contributed by atoms with Gasteiger partial charge in [0.25, 0.3) is 0 Å². The highest BCUT2D eigenvalue weighted by molar-refractivity contribution is 5.76. The summed E-state index contributed by atoms with van der Waals surface area (Å²) in [6, 6.07) is 12.9. The van der Waals surface area contributed by atoms with Crippen LogP contribution in [0, 0.1) is 5.41 Å². The molecule has 0 bridgehead atoms. The third kappa shape index (κ3) is 2.34. The summed E-state index contributed by atoms with van der Waals surface area (Å²) in [5.74, 6) is 0.796. The highest BCUT2D eigenvalue weighted by atomic mass is 16.5. The zero-order valence-corrected chi connectivity index (χ0v) is 8.96. The van der Waals surface area contributed by atoms with Gasteiger partial charge in [-0.15, -0.1) is 0 Å². The van der Waals surface area contributed by atoms with Gasteiger partial charge in [0.05, 0.1) is 0 Å². The second-order valence-electron chi connectivity index (χ2n) is 3.34. The van der Waals surface area contributed by atoms with Crippen molar-refractivity contribution in [3.63, 3.8) is 0 Å². The number of para-hydroxylation sites is 1. The Kier molecular flexibility index (Phi) is 2.91. The summed E-state index contributed by atoms with van der Waals surface area (Å²) in [7, 11) is 0. The van der Waals surface area contributed by atoms with Crippen LogP contribution >= 0.6 is 0 Å². The first kappa shape index (κ1) is 10.9. The maximum atomic E-state index is 11.2. The normalized spacial score (nSPS) is 9.88. The van der Waals surface area contributed by atoms with Crippen LogP contribution in [0.5, 0.6) is 11.6 Å². The molecule has 0 atom stereocenters. The standard InChI is InChI=1S/C12H11N3O2/c13-10-7-4-8-11(15(10)12(14)16)17-9-5-2-1-3-6-9/h1-8,13H,(H2,14,16). The summed E-state index contributed by atoms with van der Waals surface area (Å²) in [5.41, 5.74) is 5.17. The molecule has 2 rings (SSSR count). The van der Waals surface area contributed by atoms with E-state index in [1.807, 2.05) is 18.2 Å². The molecule has 86 valence electrons. The molecule has 5 heteroatoms. The molecule has 0 spiro atoms. The molecular formula is C12H11N3O2. The van der Waals surface area contributed by atoms with Gasteiger partial charge in [-0.3, -0.25) is 5.41 Å². The number of nitrogens with two attached hydrogens (primary N) is 1. The Bertz CT molecular complexity index is 590. The van der Waals surface area contributed by atoms with Crippen LogP contribution in [0.1, 0.15) is 0 Å². The van der Waals surface area contributed by atoms with Gasteiger partial charge in [-0.2, -0.15) is 0 Å². The molecular weight excluding hydrogens is 218 g/mol. The lowest BCUT2D eigenvalue weighted by Gasteiger charge is -2.10. The van der Waals surface area contributed by atoms with Crippen molar-refractivity contribution in [3.05, 3.63) is 54.0 Å². The number of benzene rings is 1. The quantitative estimate of drug-likeness (QED) is 0.821. The zero-order chi connectivity index (χ0) is 12.3. The number of nitrogens with one attached hydrogen (secondary N) is 1. The molecule has 0 fully saturated rings. The second-order valence-corrected chi connectivity index (χ2v) is 3.34. The van der Waals surface area contributed by atoms with Gasteiger partial charge in [-0.25, -0.2) is 9.36 Å². The minimum Gasteiger partial charge on any atom is -0.440 e. The number of primary amides is 1. The predicted octanol–water partition coefficient (Wildman–Crippen LogP) is 1.69. The topological polar surface area (TPSA) is 81.1 Å². The van der Waals surface area contributed by atoms with E-state index >= 15 is 0 Å². The van der Waals surface area contributed by atoms with E-state index in [1.54, 1.807) is 24.3 Å². The van der Waals surface area contributed by atoms with E-state index in [2.05, 4.69) is 0 Å². The van der Waals surface area contributed by atoms with Gasteiger partial charge in [0, 0.05) is 0 Å². The van der Waals surface area contributed by atoms with Crippen molar-refractivity contribution in [2.45, 2.75) is 0 Å². The van der Waals surface area contributed by atoms with Crippen LogP contribution < -0.4 is 16.0 Å². The van der Waals surface area contributed by atoms with Gasteiger partial charge in [-0.1, -0.05) is 24.3 Å². The fraction of sp³-hybridized carbons (Fsp3) is 0. The Labute approximate surface area is 97.6 Å². The minimum absolute atomic E-state index is 0.0223. The van der Waals surface area contributed by atoms with Crippen LogP contribution in [-0.2, 0) is 0 Å². The molecule has 0 saturated carbocycles. The number of rotatable bonds is 2. The highest BCUT2D eigenvalue weighted by Gasteiger charge is 2.08. The Morgan fingerprint density at radius 3 is 2.47 bits per heavy atom. The second kappa shape index (κ2) is 4.52. The van der Waals surface area contributed by atoms with Gasteiger partial charge in [0.1, 0.15) is 11.2 Å². The van der Waals surface area contributed by atoms with E-state index in [1.165, 1.54) is 6.07 Å². The summed E-state index contributed by atoms with van der Waals surface area (Å²) in [4.78, 5) is 11.2. The summed E-state index contributed by atoms with van der Waals surface area (Å²) >= 11 is 0. The molecule has 0 radical (unpaired) electrons. The van der Waals surface area contributed by atoms with Crippen LogP contribution in [0.15, 0.2) is 48.5 Å². The molecule has 0 aliphatic rings. The van der Waals surface area contributed by atoms with Crippen LogP contribution in [0.25, 0.3) is 0 Å². The molecule has 1 aromatic heterocycles. The van der Waals surface area contributed by atoms with Gasteiger partial charge in [0.2, 0.25) is 5.88 Å². The summed E-state index contributed by atoms with van der Waals surface area (Å²) < 4.78 is 6.49. The molecule has 1 aromatic carbocycles. The summed E-state index contributed by atoms with van der Waals surface area (Å²) in [6.07, 6.45) is 0. The van der Waals surface area contributed by atoms with Crippen molar-refractivity contribution in [2.24, 2.45) is 5.73 Å². The maximum absolute atomic E-state index is 11.2. The smallest absolute Gasteiger partial charge is 0.327 e. The molecule has 2 aromatic rings. The number of carbonyl (C=O) groups is 1. The largest absolute Gasteiger partial charge is 0.440 e. The van der Waals surface area contributed by atoms with Gasteiger partial charge >= 0.3 is 6.03 Å². The average molecular weight is 229 g/mol. The highest BCUT2D eigenvalue weighted by Crippen LogP contribution is 2.18. The lowest BCUT2D eigenvalue weighted by molar-refractivity contribution is 0.246. The zero-order valence-electron chi connectivity index (χ0n) is 8.96. The number of amides is 1. The van der Waals surface area contributed by atoms with E-state index in [-0.39, 0.29) is 11.4 Å². The number of pyridine rings is 1. The number of hydrogen-bond donors (Lipinski definition) is 2.